The number of aliphatic imine (C=N–C) groups is 1. The van der Waals surface area contributed by atoms with E-state index in [4.69, 9.17) is 14.5 Å². The van der Waals surface area contributed by atoms with E-state index in [2.05, 4.69) is 21.6 Å². The molecule has 0 spiro atoms. The zero-order valence-electron chi connectivity index (χ0n) is 20.8. The first kappa shape index (κ1) is 25.0. The van der Waals surface area contributed by atoms with Gasteiger partial charge < -0.3 is 14.4 Å². The molecule has 3 aromatic rings. The van der Waals surface area contributed by atoms with E-state index in [0.29, 0.717) is 12.2 Å². The van der Waals surface area contributed by atoms with Gasteiger partial charge in [-0.3, -0.25) is 4.90 Å². The third kappa shape index (κ3) is 6.97. The SMILES string of the molecule is CCOC(=O)c1ccc(CN2CCN(/C(C#Cc3ccccc3)=N/c3ccc(OC)cc3)CC2)cc1. The largest absolute Gasteiger partial charge is 0.497 e. The van der Waals surface area contributed by atoms with E-state index in [1.54, 1.807) is 7.11 Å². The third-order valence-electron chi connectivity index (χ3n) is 5.94. The molecule has 0 aromatic heterocycles. The second kappa shape index (κ2) is 12.6. The highest BCUT2D eigenvalue weighted by Crippen LogP contribution is 2.19. The molecule has 0 bridgehead atoms. The summed E-state index contributed by atoms with van der Waals surface area (Å²) in [5.41, 5.74) is 3.57. The standard InChI is InChI=1S/C30H31N3O3/c1-3-36-30(34)26-12-9-25(10-13-26)23-32-19-21-33(22-20-32)29(18-11-24-7-5-4-6-8-24)31-27-14-16-28(35-2)17-15-27/h4-10,12-17H,3,19-23H2,1-2H3/b31-29+. The van der Waals surface area contributed by atoms with E-state index >= 15 is 0 Å². The molecule has 0 amide bonds. The molecule has 0 radical (unpaired) electrons. The van der Waals surface area contributed by atoms with Crippen LogP contribution in [0.2, 0.25) is 0 Å². The van der Waals surface area contributed by atoms with E-state index in [9.17, 15) is 4.79 Å². The number of hydrogen-bond donors (Lipinski definition) is 0. The van der Waals surface area contributed by atoms with Gasteiger partial charge in [-0.1, -0.05) is 36.3 Å². The average molecular weight is 482 g/mol. The fourth-order valence-electron chi connectivity index (χ4n) is 3.94. The van der Waals surface area contributed by atoms with Gasteiger partial charge in [0.1, 0.15) is 5.75 Å². The number of methoxy groups -OCH3 is 1. The summed E-state index contributed by atoms with van der Waals surface area (Å²) in [5.74, 6) is 7.85. The molecule has 1 fully saturated rings. The first-order valence-corrected chi connectivity index (χ1v) is 12.2. The van der Waals surface area contributed by atoms with Crippen LogP contribution >= 0.6 is 0 Å². The number of nitrogens with zero attached hydrogens (tertiary/aromatic N) is 3. The number of benzene rings is 3. The van der Waals surface area contributed by atoms with Gasteiger partial charge in [0.05, 0.1) is 25.0 Å². The van der Waals surface area contributed by atoms with Crippen LogP contribution in [0.25, 0.3) is 0 Å². The molecule has 6 heteroatoms. The summed E-state index contributed by atoms with van der Waals surface area (Å²) in [7, 11) is 1.66. The molecular weight excluding hydrogens is 450 g/mol. The molecule has 1 heterocycles. The summed E-state index contributed by atoms with van der Waals surface area (Å²) in [6, 6.07) is 25.3. The van der Waals surface area contributed by atoms with Gasteiger partial charge >= 0.3 is 5.97 Å². The lowest BCUT2D eigenvalue weighted by molar-refractivity contribution is 0.0526. The maximum Gasteiger partial charge on any atom is 0.338 e. The van der Waals surface area contributed by atoms with Gasteiger partial charge in [0.15, 0.2) is 5.84 Å². The maximum atomic E-state index is 11.9. The van der Waals surface area contributed by atoms with Gasteiger partial charge in [-0.05, 0) is 66.9 Å². The molecule has 1 aliphatic heterocycles. The zero-order valence-corrected chi connectivity index (χ0v) is 20.8. The van der Waals surface area contributed by atoms with Crippen molar-refractivity contribution in [1.29, 1.82) is 0 Å². The number of rotatable bonds is 6. The van der Waals surface area contributed by atoms with Gasteiger partial charge in [-0.15, -0.1) is 0 Å². The van der Waals surface area contributed by atoms with E-state index in [0.717, 1.165) is 55.6 Å². The molecule has 3 aromatic carbocycles. The van der Waals surface area contributed by atoms with Crippen molar-refractivity contribution in [3.05, 3.63) is 95.6 Å². The number of carbonyl (C=O) groups excluding carboxylic acids is 1. The van der Waals surface area contributed by atoms with Crippen LogP contribution in [0.4, 0.5) is 5.69 Å². The summed E-state index contributed by atoms with van der Waals surface area (Å²) < 4.78 is 10.3. The van der Waals surface area contributed by atoms with Crippen LogP contribution in [0.1, 0.15) is 28.4 Å². The normalized spacial score (nSPS) is 14.1. The Bertz CT molecular complexity index is 1220. The highest BCUT2D eigenvalue weighted by molar-refractivity contribution is 6.00. The van der Waals surface area contributed by atoms with Gasteiger partial charge in [0.25, 0.3) is 0 Å². The van der Waals surface area contributed by atoms with Gasteiger partial charge in [0, 0.05) is 38.3 Å². The Balaban J connectivity index is 1.43. The number of amidine groups is 1. The quantitative estimate of drug-likeness (QED) is 0.220. The van der Waals surface area contributed by atoms with Crippen LogP contribution < -0.4 is 4.74 Å². The molecular formula is C30H31N3O3. The van der Waals surface area contributed by atoms with Gasteiger partial charge in [-0.2, -0.15) is 0 Å². The molecule has 0 atom stereocenters. The molecule has 0 N–H and O–H groups in total. The monoisotopic (exact) mass is 481 g/mol. The summed E-state index contributed by atoms with van der Waals surface area (Å²) in [6.07, 6.45) is 0. The molecule has 36 heavy (non-hydrogen) atoms. The van der Waals surface area contributed by atoms with Crippen molar-refractivity contribution >= 4 is 17.5 Å². The van der Waals surface area contributed by atoms with E-state index < -0.39 is 0 Å². The second-order valence-corrected chi connectivity index (χ2v) is 8.43. The predicted molar refractivity (Wildman–Crippen MR) is 143 cm³/mol. The maximum absolute atomic E-state index is 11.9. The van der Waals surface area contributed by atoms with Crippen molar-refractivity contribution < 1.29 is 14.3 Å². The van der Waals surface area contributed by atoms with Crippen LogP contribution in [0, 0.1) is 11.8 Å². The van der Waals surface area contributed by atoms with E-state index in [-0.39, 0.29) is 5.97 Å². The van der Waals surface area contributed by atoms with Crippen LogP contribution in [0.15, 0.2) is 83.9 Å². The van der Waals surface area contributed by atoms with Crippen molar-refractivity contribution in [3.63, 3.8) is 0 Å². The smallest absolute Gasteiger partial charge is 0.338 e. The minimum atomic E-state index is -0.280. The van der Waals surface area contributed by atoms with Crippen molar-refractivity contribution in [2.24, 2.45) is 4.99 Å². The number of carbonyl (C=O) groups is 1. The number of esters is 1. The van der Waals surface area contributed by atoms with Crippen molar-refractivity contribution in [3.8, 4) is 17.6 Å². The molecule has 4 rings (SSSR count). The molecule has 0 aliphatic carbocycles. The number of ether oxygens (including phenoxy) is 2. The fraction of sp³-hybridized carbons (Fsp3) is 0.267. The van der Waals surface area contributed by atoms with Crippen molar-refractivity contribution in [2.45, 2.75) is 13.5 Å². The van der Waals surface area contributed by atoms with Crippen LogP contribution in [0.5, 0.6) is 5.75 Å². The van der Waals surface area contributed by atoms with E-state index in [1.165, 1.54) is 5.56 Å². The number of piperazine rings is 1. The predicted octanol–water partition coefficient (Wildman–Crippen LogP) is 4.77. The molecule has 6 nitrogen and oxygen atoms in total. The summed E-state index contributed by atoms with van der Waals surface area (Å²) >= 11 is 0. The Kier molecular flexibility index (Phi) is 8.74. The molecule has 0 saturated carbocycles. The minimum Gasteiger partial charge on any atom is -0.497 e. The van der Waals surface area contributed by atoms with Crippen LogP contribution in [-0.2, 0) is 11.3 Å². The third-order valence-corrected chi connectivity index (χ3v) is 5.94. The Morgan fingerprint density at radius 3 is 2.25 bits per heavy atom. The Morgan fingerprint density at radius 1 is 0.917 bits per heavy atom. The van der Waals surface area contributed by atoms with Crippen molar-refractivity contribution in [2.75, 3.05) is 39.9 Å². The lowest BCUT2D eigenvalue weighted by atomic mass is 10.1. The van der Waals surface area contributed by atoms with Gasteiger partial charge in [-0.25, -0.2) is 9.79 Å². The van der Waals surface area contributed by atoms with Crippen LogP contribution in [0.3, 0.4) is 0 Å². The average Bonchev–Trinajstić information content (AvgIpc) is 2.93. The molecule has 0 unspecified atom stereocenters. The second-order valence-electron chi connectivity index (χ2n) is 8.43. The summed E-state index contributed by atoms with van der Waals surface area (Å²) in [5, 5.41) is 0. The minimum absolute atomic E-state index is 0.280. The van der Waals surface area contributed by atoms with Crippen LogP contribution in [-0.4, -0.2) is 61.5 Å². The highest BCUT2D eigenvalue weighted by Gasteiger charge is 2.19. The van der Waals surface area contributed by atoms with E-state index in [1.807, 2.05) is 85.8 Å². The van der Waals surface area contributed by atoms with Crippen molar-refractivity contribution in [1.82, 2.24) is 9.80 Å². The molecule has 1 aliphatic rings. The molecule has 184 valence electrons. The first-order chi connectivity index (χ1) is 17.6. The lowest BCUT2D eigenvalue weighted by Crippen LogP contribution is -2.48. The lowest BCUT2D eigenvalue weighted by Gasteiger charge is -2.35. The topological polar surface area (TPSA) is 54.4 Å². The Morgan fingerprint density at radius 2 is 1.61 bits per heavy atom. The Hall–Kier alpha value is -4.08. The van der Waals surface area contributed by atoms with Gasteiger partial charge in [0.2, 0.25) is 0 Å². The summed E-state index contributed by atoms with van der Waals surface area (Å²) in [4.78, 5) is 21.4. The Labute approximate surface area is 213 Å². The summed E-state index contributed by atoms with van der Waals surface area (Å²) in [6.45, 7) is 6.48. The highest BCUT2D eigenvalue weighted by atomic mass is 16.5. The number of hydrogen-bond acceptors (Lipinski definition) is 5. The molecule has 1 saturated heterocycles. The zero-order chi connectivity index (χ0) is 25.2. The fourth-order valence-corrected chi connectivity index (χ4v) is 3.94. The first-order valence-electron chi connectivity index (χ1n) is 12.2.